The van der Waals surface area contributed by atoms with Gasteiger partial charge in [0.25, 0.3) is 0 Å². The molecule has 128 valence electrons. The summed E-state index contributed by atoms with van der Waals surface area (Å²) in [4.78, 5) is 8.65. The Hall–Kier alpha value is -2.82. The molecular weight excluding hydrogens is 312 g/mol. The summed E-state index contributed by atoms with van der Waals surface area (Å²) < 4.78 is 6.10. The van der Waals surface area contributed by atoms with Gasteiger partial charge in [0, 0.05) is 17.6 Å². The maximum Gasteiger partial charge on any atom is 0.137 e. The van der Waals surface area contributed by atoms with Crippen LogP contribution in [0.4, 0.5) is 11.5 Å². The number of hydrogen-bond donors (Lipinski definition) is 2. The van der Waals surface area contributed by atoms with Gasteiger partial charge < -0.3 is 15.8 Å². The van der Waals surface area contributed by atoms with E-state index in [9.17, 15) is 0 Å². The van der Waals surface area contributed by atoms with Gasteiger partial charge in [-0.05, 0) is 55.5 Å². The first kappa shape index (κ1) is 15.7. The molecule has 3 N–H and O–H groups in total. The Morgan fingerprint density at radius 3 is 2.84 bits per heavy atom. The number of anilines is 2. The minimum absolute atomic E-state index is 0.392. The topological polar surface area (TPSA) is 73.1 Å². The summed E-state index contributed by atoms with van der Waals surface area (Å²) >= 11 is 0. The van der Waals surface area contributed by atoms with Gasteiger partial charge in [-0.2, -0.15) is 0 Å². The SMILES string of the molecule is Nc1ccc2ncnc(NCCc3ccccc3OC3CCC3)c2c1. The highest BCUT2D eigenvalue weighted by Crippen LogP contribution is 2.28. The number of nitrogen functional groups attached to an aromatic ring is 1. The van der Waals surface area contributed by atoms with Crippen LogP contribution in [0.25, 0.3) is 10.9 Å². The van der Waals surface area contributed by atoms with E-state index in [1.807, 2.05) is 24.3 Å². The van der Waals surface area contributed by atoms with Crippen molar-refractivity contribution in [3.8, 4) is 5.75 Å². The van der Waals surface area contributed by atoms with E-state index in [4.69, 9.17) is 10.5 Å². The summed E-state index contributed by atoms with van der Waals surface area (Å²) in [6.07, 6.45) is 6.45. The molecule has 4 rings (SSSR count). The molecule has 0 unspecified atom stereocenters. The van der Waals surface area contributed by atoms with E-state index in [-0.39, 0.29) is 0 Å². The molecule has 0 spiro atoms. The summed E-state index contributed by atoms with van der Waals surface area (Å²) in [5.74, 6) is 1.82. The maximum absolute atomic E-state index is 6.10. The van der Waals surface area contributed by atoms with Crippen molar-refractivity contribution in [2.24, 2.45) is 0 Å². The van der Waals surface area contributed by atoms with Gasteiger partial charge >= 0.3 is 0 Å². The fourth-order valence-electron chi connectivity index (χ4n) is 3.02. The third-order valence-corrected chi connectivity index (χ3v) is 4.66. The molecule has 0 amide bonds. The molecule has 5 heteroatoms. The molecule has 1 aromatic heterocycles. The standard InChI is InChI=1S/C20H22N4O/c21-15-8-9-18-17(12-15)20(24-13-23-18)22-11-10-14-4-1-2-7-19(14)25-16-5-3-6-16/h1-2,4,7-9,12-13,16H,3,5-6,10-11,21H2,(H,22,23,24). The van der Waals surface area contributed by atoms with Crippen molar-refractivity contribution in [3.05, 3.63) is 54.4 Å². The van der Waals surface area contributed by atoms with Crippen LogP contribution in [0.5, 0.6) is 5.75 Å². The lowest BCUT2D eigenvalue weighted by Crippen LogP contribution is -2.25. The smallest absolute Gasteiger partial charge is 0.137 e. The van der Waals surface area contributed by atoms with Crippen molar-refractivity contribution < 1.29 is 4.74 Å². The molecule has 2 aromatic carbocycles. The van der Waals surface area contributed by atoms with Gasteiger partial charge in [0.2, 0.25) is 0 Å². The molecule has 1 fully saturated rings. The third kappa shape index (κ3) is 3.50. The van der Waals surface area contributed by atoms with Crippen LogP contribution in [-0.2, 0) is 6.42 Å². The quantitative estimate of drug-likeness (QED) is 0.671. The number of fused-ring (bicyclic) bond motifs is 1. The lowest BCUT2D eigenvalue weighted by atomic mass is 9.96. The molecule has 0 atom stereocenters. The molecule has 3 aromatic rings. The van der Waals surface area contributed by atoms with E-state index in [0.717, 1.165) is 35.4 Å². The Labute approximate surface area is 147 Å². The van der Waals surface area contributed by atoms with Gasteiger partial charge in [0.05, 0.1) is 11.6 Å². The summed E-state index contributed by atoms with van der Waals surface area (Å²) in [6.45, 7) is 0.770. The number of hydrogen-bond acceptors (Lipinski definition) is 5. The highest BCUT2D eigenvalue weighted by molar-refractivity contribution is 5.91. The number of nitrogens with one attached hydrogen (secondary N) is 1. The molecular formula is C20H22N4O. The summed E-state index contributed by atoms with van der Waals surface area (Å²) in [5.41, 5.74) is 8.72. The number of aromatic nitrogens is 2. The number of rotatable bonds is 6. The molecule has 1 saturated carbocycles. The summed E-state index contributed by atoms with van der Waals surface area (Å²) in [6, 6.07) is 14.0. The van der Waals surface area contributed by atoms with Crippen LogP contribution in [0.3, 0.4) is 0 Å². The molecule has 25 heavy (non-hydrogen) atoms. The second-order valence-corrected chi connectivity index (χ2v) is 6.45. The normalized spacial score (nSPS) is 14.2. The fraction of sp³-hybridized carbons (Fsp3) is 0.300. The number of ether oxygens (including phenoxy) is 1. The van der Waals surface area contributed by atoms with E-state index in [1.54, 1.807) is 6.33 Å². The van der Waals surface area contributed by atoms with E-state index < -0.39 is 0 Å². The van der Waals surface area contributed by atoms with Gasteiger partial charge in [-0.1, -0.05) is 18.2 Å². The van der Waals surface area contributed by atoms with Crippen molar-refractivity contribution in [2.75, 3.05) is 17.6 Å². The minimum Gasteiger partial charge on any atom is -0.490 e. The van der Waals surface area contributed by atoms with Crippen molar-refractivity contribution >= 4 is 22.4 Å². The van der Waals surface area contributed by atoms with Crippen LogP contribution < -0.4 is 15.8 Å². The van der Waals surface area contributed by atoms with Gasteiger partial charge in [-0.25, -0.2) is 9.97 Å². The summed E-state index contributed by atoms with van der Waals surface area (Å²) in [5, 5.41) is 4.36. The first-order chi connectivity index (χ1) is 12.3. The summed E-state index contributed by atoms with van der Waals surface area (Å²) in [7, 11) is 0. The fourth-order valence-corrected chi connectivity index (χ4v) is 3.02. The van der Waals surface area contributed by atoms with Crippen LogP contribution in [0.1, 0.15) is 24.8 Å². The van der Waals surface area contributed by atoms with Crippen molar-refractivity contribution in [1.29, 1.82) is 0 Å². The average molecular weight is 334 g/mol. The maximum atomic E-state index is 6.10. The predicted molar refractivity (Wildman–Crippen MR) is 101 cm³/mol. The van der Waals surface area contributed by atoms with Crippen molar-refractivity contribution in [3.63, 3.8) is 0 Å². The molecule has 0 saturated heterocycles. The third-order valence-electron chi connectivity index (χ3n) is 4.66. The monoisotopic (exact) mass is 334 g/mol. The van der Waals surface area contributed by atoms with Crippen LogP contribution in [0, 0.1) is 0 Å². The molecule has 0 radical (unpaired) electrons. The van der Waals surface area contributed by atoms with Gasteiger partial charge in [0.1, 0.15) is 17.9 Å². The van der Waals surface area contributed by atoms with E-state index in [2.05, 4.69) is 33.5 Å². The van der Waals surface area contributed by atoms with Gasteiger partial charge in [-0.3, -0.25) is 0 Å². The zero-order chi connectivity index (χ0) is 17.1. The molecule has 1 heterocycles. The molecule has 1 aliphatic carbocycles. The second-order valence-electron chi connectivity index (χ2n) is 6.45. The Kier molecular flexibility index (Phi) is 4.37. The minimum atomic E-state index is 0.392. The average Bonchev–Trinajstić information content (AvgIpc) is 2.59. The highest BCUT2D eigenvalue weighted by Gasteiger charge is 2.20. The Morgan fingerprint density at radius 2 is 2.00 bits per heavy atom. The van der Waals surface area contributed by atoms with Crippen molar-refractivity contribution in [1.82, 2.24) is 9.97 Å². The molecule has 1 aliphatic rings. The Morgan fingerprint density at radius 1 is 1.12 bits per heavy atom. The van der Waals surface area contributed by atoms with Crippen LogP contribution in [-0.4, -0.2) is 22.6 Å². The Balaban J connectivity index is 1.45. The van der Waals surface area contributed by atoms with Crippen LogP contribution in [0.15, 0.2) is 48.8 Å². The molecule has 5 nitrogen and oxygen atoms in total. The number of nitrogens with two attached hydrogens (primary N) is 1. The number of nitrogens with zero attached hydrogens (tertiary/aromatic N) is 2. The number of para-hydroxylation sites is 1. The molecule has 0 aliphatic heterocycles. The Bertz CT molecular complexity index is 876. The second kappa shape index (κ2) is 6.97. The van der Waals surface area contributed by atoms with E-state index in [1.165, 1.54) is 24.8 Å². The van der Waals surface area contributed by atoms with E-state index in [0.29, 0.717) is 11.8 Å². The lowest BCUT2D eigenvalue weighted by molar-refractivity contribution is 0.119. The van der Waals surface area contributed by atoms with Gasteiger partial charge in [-0.15, -0.1) is 0 Å². The van der Waals surface area contributed by atoms with Gasteiger partial charge in [0.15, 0.2) is 0 Å². The van der Waals surface area contributed by atoms with Crippen molar-refractivity contribution in [2.45, 2.75) is 31.8 Å². The first-order valence-electron chi connectivity index (χ1n) is 8.78. The van der Waals surface area contributed by atoms with Crippen LogP contribution >= 0.6 is 0 Å². The lowest BCUT2D eigenvalue weighted by Gasteiger charge is -2.27. The number of benzene rings is 2. The first-order valence-corrected chi connectivity index (χ1v) is 8.78. The molecule has 0 bridgehead atoms. The zero-order valence-corrected chi connectivity index (χ0v) is 14.1. The predicted octanol–water partition coefficient (Wildman–Crippen LogP) is 3.80. The zero-order valence-electron chi connectivity index (χ0n) is 14.1. The van der Waals surface area contributed by atoms with Crippen LogP contribution in [0.2, 0.25) is 0 Å². The van der Waals surface area contributed by atoms with E-state index >= 15 is 0 Å². The largest absolute Gasteiger partial charge is 0.490 e. The highest BCUT2D eigenvalue weighted by atomic mass is 16.5.